The number of carbonyl (C=O) groups is 1. The molecule has 0 saturated heterocycles. The molecule has 6 nitrogen and oxygen atoms in total. The normalized spacial score (nSPS) is 13.3. The van der Waals surface area contributed by atoms with Crippen LogP contribution in [0, 0.1) is 5.92 Å². The van der Waals surface area contributed by atoms with Crippen molar-refractivity contribution in [1.82, 2.24) is 15.1 Å². The highest BCUT2D eigenvalue weighted by molar-refractivity contribution is 5.92. The van der Waals surface area contributed by atoms with Crippen molar-refractivity contribution < 1.29 is 9.90 Å². The zero-order valence-corrected chi connectivity index (χ0v) is 13.3. The van der Waals surface area contributed by atoms with E-state index >= 15 is 0 Å². The van der Waals surface area contributed by atoms with Gasteiger partial charge >= 0.3 is 0 Å². The number of para-hydroxylation sites is 1. The number of aliphatic hydroxyl groups is 1. The zero-order valence-electron chi connectivity index (χ0n) is 13.3. The van der Waals surface area contributed by atoms with Crippen LogP contribution in [-0.2, 0) is 0 Å². The summed E-state index contributed by atoms with van der Waals surface area (Å²) in [6.07, 6.45) is 0.206. The van der Waals surface area contributed by atoms with Crippen LogP contribution in [0.5, 0.6) is 0 Å². The zero-order chi connectivity index (χ0) is 16.8. The van der Waals surface area contributed by atoms with Gasteiger partial charge in [-0.3, -0.25) is 9.59 Å². The number of benzene rings is 1. The SMILES string of the molecule is CC(O)CC(C)CNC(=O)c1ccc(=O)n(-c2ccccc2)n1. The Morgan fingerprint density at radius 2 is 1.91 bits per heavy atom. The van der Waals surface area contributed by atoms with Crippen molar-refractivity contribution in [2.24, 2.45) is 5.92 Å². The molecule has 0 fully saturated rings. The maximum absolute atomic E-state index is 12.2. The number of amides is 1. The Morgan fingerprint density at radius 1 is 1.22 bits per heavy atom. The predicted molar refractivity (Wildman–Crippen MR) is 87.6 cm³/mol. The topological polar surface area (TPSA) is 84.2 Å². The molecule has 23 heavy (non-hydrogen) atoms. The van der Waals surface area contributed by atoms with E-state index < -0.39 is 6.10 Å². The Kier molecular flexibility index (Phi) is 5.65. The quantitative estimate of drug-likeness (QED) is 0.843. The molecule has 0 radical (unpaired) electrons. The Balaban J connectivity index is 2.12. The average Bonchev–Trinajstić information content (AvgIpc) is 2.53. The van der Waals surface area contributed by atoms with Gasteiger partial charge in [-0.25, -0.2) is 0 Å². The van der Waals surface area contributed by atoms with Gasteiger partial charge < -0.3 is 10.4 Å². The molecule has 6 heteroatoms. The molecule has 2 aromatic rings. The van der Waals surface area contributed by atoms with E-state index in [-0.39, 0.29) is 23.1 Å². The third-order valence-electron chi connectivity index (χ3n) is 3.39. The number of hydrogen-bond donors (Lipinski definition) is 2. The van der Waals surface area contributed by atoms with Crippen LogP contribution in [0.15, 0.2) is 47.3 Å². The van der Waals surface area contributed by atoms with Gasteiger partial charge in [0.15, 0.2) is 0 Å². The molecular weight excluding hydrogens is 294 g/mol. The fourth-order valence-corrected chi connectivity index (χ4v) is 2.31. The molecule has 0 aliphatic heterocycles. The number of carbonyl (C=O) groups excluding carboxylic acids is 1. The van der Waals surface area contributed by atoms with Crippen LogP contribution in [0.4, 0.5) is 0 Å². The average molecular weight is 315 g/mol. The lowest BCUT2D eigenvalue weighted by Gasteiger charge is -2.14. The van der Waals surface area contributed by atoms with Crippen LogP contribution in [0.2, 0.25) is 0 Å². The molecule has 2 rings (SSSR count). The van der Waals surface area contributed by atoms with Crippen molar-refractivity contribution in [2.75, 3.05) is 6.54 Å². The van der Waals surface area contributed by atoms with Gasteiger partial charge in [-0.2, -0.15) is 9.78 Å². The van der Waals surface area contributed by atoms with E-state index in [1.54, 1.807) is 31.2 Å². The lowest BCUT2D eigenvalue weighted by Crippen LogP contribution is -2.32. The monoisotopic (exact) mass is 315 g/mol. The van der Waals surface area contributed by atoms with E-state index in [4.69, 9.17) is 0 Å². The summed E-state index contributed by atoms with van der Waals surface area (Å²) in [5.41, 5.74) is 0.488. The van der Waals surface area contributed by atoms with Crippen LogP contribution in [0.25, 0.3) is 5.69 Å². The first-order valence-corrected chi connectivity index (χ1v) is 7.59. The number of nitrogens with zero attached hydrogens (tertiary/aromatic N) is 2. The second-order valence-corrected chi connectivity index (χ2v) is 5.70. The van der Waals surface area contributed by atoms with Gasteiger partial charge in [0, 0.05) is 12.6 Å². The Bertz CT molecular complexity index is 711. The maximum Gasteiger partial charge on any atom is 0.271 e. The van der Waals surface area contributed by atoms with E-state index in [1.165, 1.54) is 16.8 Å². The van der Waals surface area contributed by atoms with Gasteiger partial charge in [0.2, 0.25) is 0 Å². The van der Waals surface area contributed by atoms with E-state index in [1.807, 2.05) is 13.0 Å². The third kappa shape index (κ3) is 4.75. The summed E-state index contributed by atoms with van der Waals surface area (Å²) < 4.78 is 1.20. The number of rotatable bonds is 6. The maximum atomic E-state index is 12.2. The molecule has 0 spiro atoms. The molecule has 1 aromatic carbocycles. The first kappa shape index (κ1) is 16.9. The molecule has 2 atom stereocenters. The van der Waals surface area contributed by atoms with Crippen molar-refractivity contribution in [3.05, 3.63) is 58.5 Å². The molecule has 2 N–H and O–H groups in total. The van der Waals surface area contributed by atoms with Crippen LogP contribution < -0.4 is 10.9 Å². The highest BCUT2D eigenvalue weighted by Gasteiger charge is 2.12. The number of aliphatic hydroxyl groups excluding tert-OH is 1. The van der Waals surface area contributed by atoms with E-state index in [0.717, 1.165) is 0 Å². The van der Waals surface area contributed by atoms with Gasteiger partial charge in [-0.15, -0.1) is 0 Å². The molecule has 122 valence electrons. The molecule has 2 unspecified atom stereocenters. The summed E-state index contributed by atoms with van der Waals surface area (Å²) >= 11 is 0. The molecule has 0 aliphatic rings. The van der Waals surface area contributed by atoms with Crippen molar-refractivity contribution in [2.45, 2.75) is 26.4 Å². The summed E-state index contributed by atoms with van der Waals surface area (Å²) in [4.78, 5) is 24.1. The fourth-order valence-electron chi connectivity index (χ4n) is 2.31. The van der Waals surface area contributed by atoms with Gasteiger partial charge in [-0.1, -0.05) is 25.1 Å². The molecular formula is C17H21N3O3. The number of aromatic nitrogens is 2. The first-order valence-electron chi connectivity index (χ1n) is 7.59. The minimum Gasteiger partial charge on any atom is -0.393 e. The van der Waals surface area contributed by atoms with E-state index in [2.05, 4.69) is 10.4 Å². The second-order valence-electron chi connectivity index (χ2n) is 5.70. The summed E-state index contributed by atoms with van der Waals surface area (Å²) in [5.74, 6) is -0.189. The second kappa shape index (κ2) is 7.69. The van der Waals surface area contributed by atoms with Crippen LogP contribution >= 0.6 is 0 Å². The largest absolute Gasteiger partial charge is 0.393 e. The van der Waals surface area contributed by atoms with Crippen molar-refractivity contribution in [3.63, 3.8) is 0 Å². The van der Waals surface area contributed by atoms with Gasteiger partial charge in [-0.05, 0) is 37.5 Å². The lowest BCUT2D eigenvalue weighted by molar-refractivity contribution is 0.0932. The minimum absolute atomic E-state index is 0.152. The Hall–Kier alpha value is -2.47. The minimum atomic E-state index is -0.403. The van der Waals surface area contributed by atoms with Gasteiger partial charge in [0.1, 0.15) is 5.69 Å². The van der Waals surface area contributed by atoms with Crippen molar-refractivity contribution in [3.8, 4) is 5.69 Å². The smallest absolute Gasteiger partial charge is 0.271 e. The Morgan fingerprint density at radius 3 is 2.57 bits per heavy atom. The highest BCUT2D eigenvalue weighted by atomic mass is 16.3. The molecule has 1 heterocycles. The standard InChI is InChI=1S/C17H21N3O3/c1-12(10-13(2)21)11-18-17(23)15-8-9-16(22)20(19-15)14-6-4-3-5-7-14/h3-9,12-13,21H,10-11H2,1-2H3,(H,18,23). The molecule has 0 bridgehead atoms. The predicted octanol–water partition coefficient (Wildman–Crippen LogP) is 1.37. The van der Waals surface area contributed by atoms with E-state index in [0.29, 0.717) is 18.7 Å². The van der Waals surface area contributed by atoms with Crippen LogP contribution in [0.1, 0.15) is 30.8 Å². The van der Waals surface area contributed by atoms with Crippen molar-refractivity contribution in [1.29, 1.82) is 0 Å². The number of nitrogens with one attached hydrogen (secondary N) is 1. The number of hydrogen-bond acceptors (Lipinski definition) is 4. The lowest BCUT2D eigenvalue weighted by atomic mass is 10.0. The fraction of sp³-hybridized carbons (Fsp3) is 0.353. The molecule has 1 amide bonds. The highest BCUT2D eigenvalue weighted by Crippen LogP contribution is 2.05. The van der Waals surface area contributed by atoms with Crippen LogP contribution in [0.3, 0.4) is 0 Å². The van der Waals surface area contributed by atoms with Crippen LogP contribution in [-0.4, -0.2) is 33.4 Å². The summed E-state index contributed by atoms with van der Waals surface area (Å²) in [6, 6.07) is 11.7. The van der Waals surface area contributed by atoms with E-state index in [9.17, 15) is 14.7 Å². The first-order chi connectivity index (χ1) is 11.0. The molecule has 0 aliphatic carbocycles. The summed E-state index contributed by atoms with van der Waals surface area (Å²) in [5, 5.41) is 16.2. The van der Waals surface area contributed by atoms with Gasteiger partial charge in [0.05, 0.1) is 11.8 Å². The van der Waals surface area contributed by atoms with Crippen molar-refractivity contribution >= 4 is 5.91 Å². The molecule has 1 aromatic heterocycles. The Labute approximate surface area is 134 Å². The summed E-state index contributed by atoms with van der Waals surface area (Å²) in [6.45, 7) is 4.11. The summed E-state index contributed by atoms with van der Waals surface area (Å²) in [7, 11) is 0. The van der Waals surface area contributed by atoms with Gasteiger partial charge in [0.25, 0.3) is 11.5 Å². The molecule has 0 saturated carbocycles. The third-order valence-corrected chi connectivity index (χ3v) is 3.39.